The second-order valence-corrected chi connectivity index (χ2v) is 7.11. The summed E-state index contributed by atoms with van der Waals surface area (Å²) >= 11 is 1.39. The smallest absolute Gasteiger partial charge is 0.234 e. The van der Waals surface area contributed by atoms with Crippen molar-refractivity contribution in [2.75, 3.05) is 18.2 Å². The third kappa shape index (κ3) is 5.13. The Labute approximate surface area is 169 Å². The highest BCUT2D eigenvalue weighted by molar-refractivity contribution is 7.99. The van der Waals surface area contributed by atoms with E-state index in [4.69, 9.17) is 4.74 Å². The fourth-order valence-corrected chi connectivity index (χ4v) is 3.71. The third-order valence-corrected chi connectivity index (χ3v) is 5.27. The van der Waals surface area contributed by atoms with E-state index in [1.807, 2.05) is 42.5 Å². The molecule has 0 aliphatic carbocycles. The van der Waals surface area contributed by atoms with Crippen LogP contribution < -0.4 is 10.1 Å². The molecule has 146 valence electrons. The highest BCUT2D eigenvalue weighted by Gasteiger charge is 2.14. The lowest BCUT2D eigenvalue weighted by Crippen LogP contribution is -2.15. The van der Waals surface area contributed by atoms with Crippen LogP contribution in [0.3, 0.4) is 0 Å². The Kier molecular flexibility index (Phi) is 7.08. The fourth-order valence-electron chi connectivity index (χ4n) is 2.89. The van der Waals surface area contributed by atoms with Gasteiger partial charge < -0.3 is 14.6 Å². The van der Waals surface area contributed by atoms with Crippen LogP contribution in [0.2, 0.25) is 0 Å². The minimum absolute atomic E-state index is 0.106. The number of rotatable bonds is 9. The van der Waals surface area contributed by atoms with E-state index in [0.717, 1.165) is 30.4 Å². The van der Waals surface area contributed by atoms with Gasteiger partial charge in [0.2, 0.25) is 5.91 Å². The van der Waals surface area contributed by atoms with Gasteiger partial charge >= 0.3 is 0 Å². The average Bonchev–Trinajstić information content (AvgIpc) is 3.13. The molecule has 28 heavy (non-hydrogen) atoms. The monoisotopic (exact) mass is 396 g/mol. The Morgan fingerprint density at radius 3 is 2.57 bits per heavy atom. The molecule has 0 bridgehead atoms. The zero-order valence-corrected chi connectivity index (χ0v) is 16.9. The number of hydrogen-bond donors (Lipinski definition) is 1. The number of ether oxygens (including phenoxy) is 1. The number of methoxy groups -OCH3 is 1. The second kappa shape index (κ2) is 9.94. The van der Waals surface area contributed by atoms with Gasteiger partial charge in [0.25, 0.3) is 0 Å². The normalized spacial score (nSPS) is 10.6. The first-order valence-corrected chi connectivity index (χ1v) is 10.2. The Balaban J connectivity index is 1.58. The highest BCUT2D eigenvalue weighted by atomic mass is 32.2. The molecule has 0 saturated heterocycles. The van der Waals surface area contributed by atoms with Crippen molar-refractivity contribution in [2.45, 2.75) is 31.5 Å². The summed E-state index contributed by atoms with van der Waals surface area (Å²) in [4.78, 5) is 12.3. The molecule has 2 aromatic carbocycles. The molecule has 1 aromatic heterocycles. The standard InChI is InChI=1S/C21H24N4O2S/c1-3-25-19(14-13-16-9-5-4-6-10-16)23-24-21(25)28-15-20(26)22-17-11-7-8-12-18(17)27-2/h4-12H,3,13-15H2,1-2H3,(H,22,26). The number of benzene rings is 2. The van der Waals surface area contributed by atoms with E-state index in [0.29, 0.717) is 11.4 Å². The first-order chi connectivity index (χ1) is 13.7. The van der Waals surface area contributed by atoms with Crippen molar-refractivity contribution in [2.24, 2.45) is 0 Å². The molecular weight excluding hydrogens is 372 g/mol. The lowest BCUT2D eigenvalue weighted by molar-refractivity contribution is -0.113. The predicted octanol–water partition coefficient (Wildman–Crippen LogP) is 3.82. The highest BCUT2D eigenvalue weighted by Crippen LogP contribution is 2.24. The van der Waals surface area contributed by atoms with Crippen LogP contribution in [-0.4, -0.2) is 33.5 Å². The lowest BCUT2D eigenvalue weighted by Gasteiger charge is -2.10. The van der Waals surface area contributed by atoms with Crippen molar-refractivity contribution in [3.63, 3.8) is 0 Å². The van der Waals surface area contributed by atoms with Crippen LogP contribution in [0.4, 0.5) is 5.69 Å². The van der Waals surface area contributed by atoms with Crippen LogP contribution in [0.1, 0.15) is 18.3 Å². The number of carbonyl (C=O) groups excluding carboxylic acids is 1. The van der Waals surface area contributed by atoms with Gasteiger partial charge in [-0.25, -0.2) is 0 Å². The molecule has 1 amide bonds. The maximum Gasteiger partial charge on any atom is 0.234 e. The quantitative estimate of drug-likeness (QED) is 0.557. The van der Waals surface area contributed by atoms with E-state index < -0.39 is 0 Å². The average molecular weight is 397 g/mol. The van der Waals surface area contributed by atoms with E-state index in [1.54, 1.807) is 7.11 Å². The second-order valence-electron chi connectivity index (χ2n) is 6.17. The molecule has 0 fully saturated rings. The Hall–Kier alpha value is -2.80. The molecule has 0 atom stereocenters. The van der Waals surface area contributed by atoms with Crippen molar-refractivity contribution in [1.29, 1.82) is 0 Å². The number of aryl methyl sites for hydroxylation is 2. The van der Waals surface area contributed by atoms with Gasteiger partial charge in [0.15, 0.2) is 5.16 Å². The first-order valence-electron chi connectivity index (χ1n) is 9.23. The van der Waals surface area contributed by atoms with Crippen LogP contribution in [-0.2, 0) is 24.2 Å². The van der Waals surface area contributed by atoms with Crippen LogP contribution in [0, 0.1) is 0 Å². The van der Waals surface area contributed by atoms with E-state index >= 15 is 0 Å². The van der Waals surface area contributed by atoms with E-state index in [-0.39, 0.29) is 11.7 Å². The molecule has 0 spiro atoms. The van der Waals surface area contributed by atoms with E-state index in [9.17, 15) is 4.79 Å². The molecule has 6 nitrogen and oxygen atoms in total. The fraction of sp³-hybridized carbons (Fsp3) is 0.286. The van der Waals surface area contributed by atoms with Gasteiger partial charge in [0.1, 0.15) is 11.6 Å². The van der Waals surface area contributed by atoms with Crippen LogP contribution in [0.5, 0.6) is 5.75 Å². The van der Waals surface area contributed by atoms with Gasteiger partial charge in [-0.05, 0) is 31.0 Å². The summed E-state index contributed by atoms with van der Waals surface area (Å²) in [6.07, 6.45) is 1.73. The van der Waals surface area contributed by atoms with Gasteiger partial charge in [-0.3, -0.25) is 4.79 Å². The number of aromatic nitrogens is 3. The summed E-state index contributed by atoms with van der Waals surface area (Å²) in [5.41, 5.74) is 1.94. The number of nitrogens with zero attached hydrogens (tertiary/aromatic N) is 3. The number of hydrogen-bond acceptors (Lipinski definition) is 5. The van der Waals surface area contributed by atoms with Crippen LogP contribution in [0.15, 0.2) is 59.8 Å². The van der Waals surface area contributed by atoms with Gasteiger partial charge in [0.05, 0.1) is 18.6 Å². The summed E-state index contributed by atoms with van der Waals surface area (Å²) < 4.78 is 7.34. The molecule has 3 aromatic rings. The minimum Gasteiger partial charge on any atom is -0.495 e. The third-order valence-electron chi connectivity index (χ3n) is 4.30. The lowest BCUT2D eigenvalue weighted by atomic mass is 10.1. The number of nitrogens with one attached hydrogen (secondary N) is 1. The Morgan fingerprint density at radius 1 is 1.07 bits per heavy atom. The summed E-state index contributed by atoms with van der Waals surface area (Å²) in [6.45, 7) is 2.84. The summed E-state index contributed by atoms with van der Waals surface area (Å²) in [5, 5.41) is 12.3. The van der Waals surface area contributed by atoms with Crippen molar-refractivity contribution in [1.82, 2.24) is 14.8 Å². The summed E-state index contributed by atoms with van der Waals surface area (Å²) in [6, 6.07) is 17.7. The Bertz CT molecular complexity index is 912. The molecule has 3 rings (SSSR count). The maximum atomic E-state index is 12.3. The predicted molar refractivity (Wildman–Crippen MR) is 112 cm³/mol. The van der Waals surface area contributed by atoms with Crippen molar-refractivity contribution in [3.8, 4) is 5.75 Å². The zero-order valence-electron chi connectivity index (χ0n) is 16.1. The zero-order chi connectivity index (χ0) is 19.8. The van der Waals surface area contributed by atoms with Crippen molar-refractivity contribution >= 4 is 23.4 Å². The molecule has 0 aliphatic heterocycles. The maximum absolute atomic E-state index is 12.3. The van der Waals surface area contributed by atoms with Crippen molar-refractivity contribution < 1.29 is 9.53 Å². The van der Waals surface area contributed by atoms with Gasteiger partial charge in [-0.15, -0.1) is 10.2 Å². The van der Waals surface area contributed by atoms with Crippen LogP contribution >= 0.6 is 11.8 Å². The number of carbonyl (C=O) groups is 1. The van der Waals surface area contributed by atoms with Gasteiger partial charge in [0, 0.05) is 13.0 Å². The van der Waals surface area contributed by atoms with E-state index in [2.05, 4.69) is 39.1 Å². The molecule has 1 heterocycles. The molecule has 0 aliphatic rings. The van der Waals surface area contributed by atoms with Gasteiger partial charge in [-0.1, -0.05) is 54.2 Å². The molecule has 0 saturated carbocycles. The van der Waals surface area contributed by atoms with E-state index in [1.165, 1.54) is 17.3 Å². The molecule has 7 heteroatoms. The SMILES string of the molecule is CCn1c(CCc2ccccc2)nnc1SCC(=O)Nc1ccccc1OC. The number of para-hydroxylation sites is 2. The first kappa shape index (κ1) is 19.9. The summed E-state index contributed by atoms with van der Waals surface area (Å²) in [5.74, 6) is 1.74. The largest absolute Gasteiger partial charge is 0.495 e. The van der Waals surface area contributed by atoms with Gasteiger partial charge in [-0.2, -0.15) is 0 Å². The molecule has 0 unspecified atom stereocenters. The number of anilines is 1. The topological polar surface area (TPSA) is 69.0 Å². The number of thioether (sulfide) groups is 1. The van der Waals surface area contributed by atoms with Crippen LogP contribution in [0.25, 0.3) is 0 Å². The molecule has 0 radical (unpaired) electrons. The molecular formula is C21H24N4O2S. The molecule has 1 N–H and O–H groups in total. The van der Waals surface area contributed by atoms with Crippen molar-refractivity contribution in [3.05, 3.63) is 66.0 Å². The Morgan fingerprint density at radius 2 is 1.82 bits per heavy atom. The minimum atomic E-state index is -0.106. The number of amides is 1. The summed E-state index contributed by atoms with van der Waals surface area (Å²) in [7, 11) is 1.58.